The Labute approximate surface area is 74.7 Å². The molecule has 1 rings (SSSR count). The lowest BCUT2D eigenvalue weighted by Crippen LogP contribution is -2.26. The molecule has 13 heavy (non-hydrogen) atoms. The Kier molecular flexibility index (Phi) is 3.33. The van der Waals surface area contributed by atoms with Crippen LogP contribution in [0.25, 0.3) is 0 Å². The van der Waals surface area contributed by atoms with E-state index in [-0.39, 0.29) is 12.4 Å². The predicted molar refractivity (Wildman–Crippen MR) is 43.5 cm³/mol. The average Bonchev–Trinajstić information content (AvgIpc) is 2.14. The van der Waals surface area contributed by atoms with E-state index in [2.05, 4.69) is 15.0 Å². The Bertz CT molecular complexity index is 304. The summed E-state index contributed by atoms with van der Waals surface area (Å²) in [6, 6.07) is 4.02. The van der Waals surface area contributed by atoms with Crippen molar-refractivity contribution in [1.82, 2.24) is 10.3 Å². The summed E-state index contributed by atoms with van der Waals surface area (Å²) in [4.78, 5) is 14.5. The lowest BCUT2D eigenvalue weighted by Gasteiger charge is -2.01. The second-order valence-corrected chi connectivity index (χ2v) is 2.28. The third-order valence-electron chi connectivity index (χ3n) is 1.32. The van der Waals surface area contributed by atoms with E-state index in [1.807, 2.05) is 0 Å². The third kappa shape index (κ3) is 2.79. The molecular formula is C8H9FN2O2. The number of halogens is 1. The summed E-state index contributed by atoms with van der Waals surface area (Å²) in [6.45, 7) is 0.0804. The molecule has 1 aromatic rings. The zero-order valence-electron chi connectivity index (χ0n) is 7.08. The van der Waals surface area contributed by atoms with Crippen LogP contribution in [0.4, 0.5) is 4.39 Å². The first kappa shape index (κ1) is 9.60. The Balaban J connectivity index is 2.66. The molecule has 0 unspecified atom stereocenters. The van der Waals surface area contributed by atoms with Crippen molar-refractivity contribution in [3.05, 3.63) is 29.8 Å². The van der Waals surface area contributed by atoms with Crippen LogP contribution in [-0.2, 0) is 4.74 Å². The lowest BCUT2D eigenvalue weighted by atomic mass is 10.3. The molecule has 0 saturated carbocycles. The predicted octanol–water partition coefficient (Wildman–Crippen LogP) is 0.554. The van der Waals surface area contributed by atoms with Gasteiger partial charge in [0.15, 0.2) is 0 Å². The molecule has 5 heteroatoms. The minimum atomic E-state index is -0.676. The van der Waals surface area contributed by atoms with Crippen LogP contribution < -0.4 is 5.32 Å². The topological polar surface area (TPSA) is 51.2 Å². The van der Waals surface area contributed by atoms with Crippen LogP contribution >= 0.6 is 0 Å². The molecule has 0 atom stereocenters. The zero-order valence-corrected chi connectivity index (χ0v) is 7.08. The highest BCUT2D eigenvalue weighted by atomic mass is 19.1. The van der Waals surface area contributed by atoms with Crippen molar-refractivity contribution in [2.24, 2.45) is 0 Å². The maximum atomic E-state index is 12.5. The van der Waals surface area contributed by atoms with Gasteiger partial charge in [-0.15, -0.1) is 0 Å². The molecule has 0 bridgehead atoms. The van der Waals surface area contributed by atoms with Gasteiger partial charge in [-0.1, -0.05) is 6.07 Å². The fourth-order valence-electron chi connectivity index (χ4n) is 0.763. The molecular weight excluding hydrogens is 175 g/mol. The van der Waals surface area contributed by atoms with Crippen molar-refractivity contribution in [2.45, 2.75) is 0 Å². The summed E-state index contributed by atoms with van der Waals surface area (Å²) < 4.78 is 17.1. The van der Waals surface area contributed by atoms with Crippen LogP contribution in [0.15, 0.2) is 18.2 Å². The molecule has 0 aromatic carbocycles. The summed E-state index contributed by atoms with van der Waals surface area (Å²) in [5.74, 6) is -1.13. The van der Waals surface area contributed by atoms with Crippen LogP contribution in [-0.4, -0.2) is 24.7 Å². The van der Waals surface area contributed by atoms with Crippen molar-refractivity contribution in [3.63, 3.8) is 0 Å². The van der Waals surface area contributed by atoms with E-state index in [0.29, 0.717) is 0 Å². The normalized spacial score (nSPS) is 9.69. The Hall–Kier alpha value is -1.49. The van der Waals surface area contributed by atoms with Crippen LogP contribution in [0.5, 0.6) is 0 Å². The first-order valence-corrected chi connectivity index (χ1v) is 3.63. The van der Waals surface area contributed by atoms with E-state index in [1.165, 1.54) is 25.3 Å². The number of hydrogen-bond acceptors (Lipinski definition) is 3. The highest BCUT2D eigenvalue weighted by Gasteiger charge is 2.06. The summed E-state index contributed by atoms with van der Waals surface area (Å²) in [5.41, 5.74) is 0.0389. The zero-order chi connectivity index (χ0) is 9.68. The Morgan fingerprint density at radius 1 is 1.69 bits per heavy atom. The largest absolute Gasteiger partial charge is 0.364 e. The highest BCUT2D eigenvalue weighted by molar-refractivity contribution is 5.92. The van der Waals surface area contributed by atoms with E-state index in [4.69, 9.17) is 0 Å². The maximum absolute atomic E-state index is 12.5. The van der Waals surface area contributed by atoms with Crippen LogP contribution in [0.3, 0.4) is 0 Å². The standard InChI is InChI=1S/C8H9FN2O2/c1-13-5-10-8(12)6-3-2-4-7(9)11-6/h2-4H,5H2,1H3,(H,10,12). The Morgan fingerprint density at radius 3 is 3.08 bits per heavy atom. The number of methoxy groups -OCH3 is 1. The quantitative estimate of drug-likeness (QED) is 0.551. The van der Waals surface area contributed by atoms with Crippen molar-refractivity contribution in [1.29, 1.82) is 0 Å². The number of amides is 1. The van der Waals surface area contributed by atoms with Crippen LogP contribution in [0, 0.1) is 5.95 Å². The van der Waals surface area contributed by atoms with Crippen LogP contribution in [0.2, 0.25) is 0 Å². The second kappa shape index (κ2) is 4.51. The van der Waals surface area contributed by atoms with Gasteiger partial charge < -0.3 is 10.1 Å². The minimum absolute atomic E-state index is 0.0389. The molecule has 0 aliphatic heterocycles. The number of nitrogens with zero attached hydrogens (tertiary/aromatic N) is 1. The molecule has 0 aliphatic carbocycles. The number of hydrogen-bond donors (Lipinski definition) is 1. The number of carbonyl (C=O) groups is 1. The van der Waals surface area contributed by atoms with Gasteiger partial charge in [-0.3, -0.25) is 4.79 Å². The lowest BCUT2D eigenvalue weighted by molar-refractivity contribution is 0.0866. The van der Waals surface area contributed by atoms with E-state index in [1.54, 1.807) is 0 Å². The fraction of sp³-hybridized carbons (Fsp3) is 0.250. The minimum Gasteiger partial charge on any atom is -0.364 e. The average molecular weight is 184 g/mol. The van der Waals surface area contributed by atoms with Gasteiger partial charge in [-0.2, -0.15) is 4.39 Å². The van der Waals surface area contributed by atoms with Gasteiger partial charge in [0.25, 0.3) is 5.91 Å². The Morgan fingerprint density at radius 2 is 2.46 bits per heavy atom. The number of carbonyl (C=O) groups excluding carboxylic acids is 1. The van der Waals surface area contributed by atoms with Gasteiger partial charge in [-0.05, 0) is 12.1 Å². The summed E-state index contributed by atoms with van der Waals surface area (Å²) in [6.07, 6.45) is 0. The van der Waals surface area contributed by atoms with Crippen molar-refractivity contribution in [2.75, 3.05) is 13.8 Å². The van der Waals surface area contributed by atoms with E-state index >= 15 is 0 Å². The molecule has 4 nitrogen and oxygen atoms in total. The number of rotatable bonds is 3. The molecule has 0 radical (unpaired) electrons. The molecule has 0 saturated heterocycles. The van der Waals surface area contributed by atoms with Gasteiger partial charge in [0.2, 0.25) is 5.95 Å². The van der Waals surface area contributed by atoms with E-state index in [9.17, 15) is 9.18 Å². The number of ether oxygens (including phenoxy) is 1. The fourth-order valence-corrected chi connectivity index (χ4v) is 0.763. The maximum Gasteiger partial charge on any atom is 0.271 e. The molecule has 1 N–H and O–H groups in total. The second-order valence-electron chi connectivity index (χ2n) is 2.28. The molecule has 0 aliphatic rings. The molecule has 70 valence electrons. The van der Waals surface area contributed by atoms with Crippen molar-refractivity contribution >= 4 is 5.91 Å². The molecule has 0 spiro atoms. The van der Waals surface area contributed by atoms with Gasteiger partial charge in [0, 0.05) is 7.11 Å². The SMILES string of the molecule is COCNC(=O)c1cccc(F)n1. The summed E-state index contributed by atoms with van der Waals surface area (Å²) >= 11 is 0. The van der Waals surface area contributed by atoms with E-state index in [0.717, 1.165) is 0 Å². The monoisotopic (exact) mass is 184 g/mol. The van der Waals surface area contributed by atoms with Gasteiger partial charge in [0.1, 0.15) is 12.4 Å². The molecule has 1 aromatic heterocycles. The highest BCUT2D eigenvalue weighted by Crippen LogP contribution is 1.96. The third-order valence-corrected chi connectivity index (χ3v) is 1.32. The number of pyridine rings is 1. The smallest absolute Gasteiger partial charge is 0.271 e. The summed E-state index contributed by atoms with van der Waals surface area (Å²) in [7, 11) is 1.44. The van der Waals surface area contributed by atoms with Gasteiger partial charge in [-0.25, -0.2) is 4.98 Å². The van der Waals surface area contributed by atoms with Crippen molar-refractivity contribution in [3.8, 4) is 0 Å². The molecule has 1 amide bonds. The summed E-state index contributed by atoms with van der Waals surface area (Å²) in [5, 5.41) is 2.39. The van der Waals surface area contributed by atoms with Crippen LogP contribution in [0.1, 0.15) is 10.5 Å². The first-order valence-electron chi connectivity index (χ1n) is 3.63. The van der Waals surface area contributed by atoms with Gasteiger partial charge >= 0.3 is 0 Å². The first-order chi connectivity index (χ1) is 6.24. The van der Waals surface area contributed by atoms with E-state index < -0.39 is 11.9 Å². The van der Waals surface area contributed by atoms with Crippen molar-refractivity contribution < 1.29 is 13.9 Å². The molecule has 1 heterocycles. The number of aromatic nitrogens is 1. The molecule has 0 fully saturated rings. The van der Waals surface area contributed by atoms with Gasteiger partial charge in [0.05, 0.1) is 0 Å². The number of nitrogens with one attached hydrogen (secondary N) is 1.